The maximum atomic E-state index is 12.3. The van der Waals surface area contributed by atoms with Gasteiger partial charge in [-0.25, -0.2) is 18.4 Å². The van der Waals surface area contributed by atoms with Crippen molar-refractivity contribution in [1.29, 1.82) is 0 Å². The van der Waals surface area contributed by atoms with Crippen LogP contribution in [-0.4, -0.2) is 46.0 Å². The predicted octanol–water partition coefficient (Wildman–Crippen LogP) is 4.53. The van der Waals surface area contributed by atoms with Gasteiger partial charge in [-0.15, -0.1) is 11.3 Å². The monoisotopic (exact) mass is 471 g/mol. The van der Waals surface area contributed by atoms with E-state index in [0.717, 1.165) is 10.3 Å². The van der Waals surface area contributed by atoms with Gasteiger partial charge >= 0.3 is 0 Å². The van der Waals surface area contributed by atoms with Crippen LogP contribution in [0.2, 0.25) is 0 Å². The van der Waals surface area contributed by atoms with Crippen LogP contribution in [0.5, 0.6) is 17.2 Å². The van der Waals surface area contributed by atoms with Crippen LogP contribution < -0.4 is 19.5 Å². The average molecular weight is 472 g/mol. The average Bonchev–Trinajstić information content (AvgIpc) is 3.21. The molecular weight excluding hydrogens is 450 g/mol. The lowest BCUT2D eigenvalue weighted by Gasteiger charge is -2.14. The van der Waals surface area contributed by atoms with Gasteiger partial charge in [0.1, 0.15) is 0 Å². The Bertz CT molecular complexity index is 1370. The van der Waals surface area contributed by atoms with E-state index in [-0.39, 0.29) is 4.90 Å². The van der Waals surface area contributed by atoms with Crippen molar-refractivity contribution in [3.63, 3.8) is 0 Å². The molecular formula is C22H21N3O5S2. The van der Waals surface area contributed by atoms with Gasteiger partial charge in [-0.2, -0.15) is 0 Å². The van der Waals surface area contributed by atoms with Gasteiger partial charge in [0, 0.05) is 40.6 Å². The lowest BCUT2D eigenvalue weighted by molar-refractivity contribution is 0.324. The third kappa shape index (κ3) is 4.06. The number of nitrogens with one attached hydrogen (secondary N) is 1. The maximum absolute atomic E-state index is 12.3. The molecule has 1 N–H and O–H groups in total. The number of fused-ring (bicyclic) bond motifs is 1. The van der Waals surface area contributed by atoms with E-state index < -0.39 is 9.84 Å². The molecule has 0 unspecified atom stereocenters. The molecule has 8 nitrogen and oxygen atoms in total. The minimum atomic E-state index is -3.40. The molecule has 0 bridgehead atoms. The van der Waals surface area contributed by atoms with Crippen LogP contribution in [0, 0.1) is 0 Å². The number of benzene rings is 2. The molecule has 0 atom stereocenters. The first kappa shape index (κ1) is 21.8. The molecule has 0 saturated carbocycles. The molecule has 2 heterocycles. The first-order valence-electron chi connectivity index (χ1n) is 9.46. The zero-order chi connectivity index (χ0) is 22.9. The fraction of sp³-hybridized carbons (Fsp3) is 0.182. The summed E-state index contributed by atoms with van der Waals surface area (Å²) in [5.74, 6) is 1.82. The second kappa shape index (κ2) is 8.64. The minimum absolute atomic E-state index is 0.262. The highest BCUT2D eigenvalue weighted by atomic mass is 32.2. The van der Waals surface area contributed by atoms with Crippen LogP contribution >= 0.6 is 11.3 Å². The Balaban J connectivity index is 1.79. The van der Waals surface area contributed by atoms with Gasteiger partial charge in [0.15, 0.2) is 21.3 Å². The number of hydrogen-bond acceptors (Lipinski definition) is 9. The number of ether oxygens (including phenoxy) is 3. The van der Waals surface area contributed by atoms with E-state index in [1.807, 2.05) is 11.4 Å². The van der Waals surface area contributed by atoms with Crippen LogP contribution in [0.3, 0.4) is 0 Å². The van der Waals surface area contributed by atoms with Gasteiger partial charge in [-0.3, -0.25) is 0 Å². The van der Waals surface area contributed by atoms with Crippen molar-refractivity contribution in [2.75, 3.05) is 32.9 Å². The van der Waals surface area contributed by atoms with Gasteiger partial charge in [0.05, 0.1) is 42.6 Å². The molecule has 2 aromatic carbocycles. The Labute approximate surface area is 189 Å². The topological polar surface area (TPSA) is 99.6 Å². The summed E-state index contributed by atoms with van der Waals surface area (Å²) in [4.78, 5) is 9.32. The van der Waals surface area contributed by atoms with Crippen molar-refractivity contribution in [2.24, 2.45) is 0 Å². The minimum Gasteiger partial charge on any atom is -0.493 e. The fourth-order valence-corrected chi connectivity index (χ4v) is 5.14. The Kier molecular flexibility index (Phi) is 5.90. The van der Waals surface area contributed by atoms with E-state index in [2.05, 4.69) is 15.3 Å². The number of aromatic nitrogens is 2. The zero-order valence-corrected chi connectivity index (χ0v) is 19.5. The molecule has 2 aromatic heterocycles. The molecule has 0 aliphatic heterocycles. The summed E-state index contributed by atoms with van der Waals surface area (Å²) in [5.41, 5.74) is 2.66. The van der Waals surface area contributed by atoms with Gasteiger partial charge < -0.3 is 19.5 Å². The van der Waals surface area contributed by atoms with Crippen molar-refractivity contribution < 1.29 is 22.6 Å². The lowest BCUT2D eigenvalue weighted by atomic mass is 10.1. The quantitative estimate of drug-likeness (QED) is 0.420. The van der Waals surface area contributed by atoms with Crippen LogP contribution in [0.1, 0.15) is 0 Å². The summed E-state index contributed by atoms with van der Waals surface area (Å²) < 4.78 is 41.6. The molecule has 10 heteroatoms. The number of anilines is 2. The lowest BCUT2D eigenvalue weighted by Crippen LogP contribution is -2.01. The molecule has 4 aromatic rings. The summed E-state index contributed by atoms with van der Waals surface area (Å²) in [6.07, 6.45) is 2.91. The molecule has 0 spiro atoms. The van der Waals surface area contributed by atoms with E-state index in [0.29, 0.717) is 40.0 Å². The number of hydrogen-bond donors (Lipinski definition) is 1. The van der Waals surface area contributed by atoms with Crippen molar-refractivity contribution in [1.82, 2.24) is 9.97 Å². The first-order valence-corrected chi connectivity index (χ1v) is 12.2. The van der Waals surface area contributed by atoms with E-state index in [9.17, 15) is 8.42 Å². The molecule has 0 amide bonds. The Hall–Kier alpha value is -3.37. The summed E-state index contributed by atoms with van der Waals surface area (Å²) in [6.45, 7) is 0. The fourth-order valence-electron chi connectivity index (χ4n) is 3.37. The number of nitrogens with zero attached hydrogens (tertiary/aromatic N) is 2. The highest BCUT2D eigenvalue weighted by Gasteiger charge is 2.19. The van der Waals surface area contributed by atoms with Crippen molar-refractivity contribution in [3.8, 4) is 28.4 Å². The number of methoxy groups -OCH3 is 3. The molecule has 0 radical (unpaired) electrons. The number of rotatable bonds is 7. The summed E-state index contributed by atoms with van der Waals surface area (Å²) in [6, 6.07) is 10.4. The second-order valence-electron chi connectivity index (χ2n) is 6.86. The van der Waals surface area contributed by atoms with Gasteiger partial charge in [0.2, 0.25) is 11.7 Å². The van der Waals surface area contributed by atoms with E-state index in [1.54, 1.807) is 50.7 Å². The third-order valence-electron chi connectivity index (χ3n) is 4.81. The number of sulfone groups is 1. The maximum Gasteiger partial charge on any atom is 0.227 e. The Morgan fingerprint density at radius 1 is 0.969 bits per heavy atom. The molecule has 0 aliphatic rings. The second-order valence-corrected chi connectivity index (χ2v) is 9.76. The molecule has 4 rings (SSSR count). The SMILES string of the molecule is COc1cc(Nc2ncc3scc(-c4ccccc4S(C)(=O)=O)c3n2)cc(OC)c1OC. The highest BCUT2D eigenvalue weighted by Crippen LogP contribution is 2.41. The summed E-state index contributed by atoms with van der Waals surface area (Å²) in [7, 11) is 1.22. The molecule has 0 aliphatic carbocycles. The standard InChI is InChI=1S/C22H21N3O5S2/c1-28-16-9-13(10-17(29-2)21(16)30-3)24-22-23-11-18-20(25-22)15(12-31-18)14-7-5-6-8-19(14)32(4,26)27/h5-12H,1-4H3,(H,23,24,25). The molecule has 32 heavy (non-hydrogen) atoms. The van der Waals surface area contributed by atoms with Gasteiger partial charge in [-0.1, -0.05) is 18.2 Å². The first-order chi connectivity index (χ1) is 15.4. The van der Waals surface area contributed by atoms with Crippen molar-refractivity contribution in [2.45, 2.75) is 4.90 Å². The highest BCUT2D eigenvalue weighted by molar-refractivity contribution is 7.90. The number of thiophene rings is 1. The van der Waals surface area contributed by atoms with Gasteiger partial charge in [0.25, 0.3) is 0 Å². The summed E-state index contributed by atoms with van der Waals surface area (Å²) >= 11 is 1.46. The van der Waals surface area contributed by atoms with Crippen LogP contribution in [0.4, 0.5) is 11.6 Å². The van der Waals surface area contributed by atoms with E-state index in [4.69, 9.17) is 14.2 Å². The normalized spacial score (nSPS) is 11.4. The zero-order valence-electron chi connectivity index (χ0n) is 17.9. The van der Waals surface area contributed by atoms with E-state index >= 15 is 0 Å². The van der Waals surface area contributed by atoms with Crippen molar-refractivity contribution >= 4 is 43.0 Å². The van der Waals surface area contributed by atoms with E-state index in [1.165, 1.54) is 24.7 Å². The Morgan fingerprint density at radius 2 is 1.66 bits per heavy atom. The molecule has 0 fully saturated rings. The van der Waals surface area contributed by atoms with Crippen molar-refractivity contribution in [3.05, 3.63) is 48.0 Å². The summed E-state index contributed by atoms with van der Waals surface area (Å²) in [5, 5.41) is 5.05. The third-order valence-corrected chi connectivity index (χ3v) is 6.87. The van der Waals surface area contributed by atoms with Crippen LogP contribution in [-0.2, 0) is 9.84 Å². The van der Waals surface area contributed by atoms with Crippen LogP contribution in [0.25, 0.3) is 21.3 Å². The predicted molar refractivity (Wildman–Crippen MR) is 125 cm³/mol. The molecule has 166 valence electrons. The molecule has 0 saturated heterocycles. The smallest absolute Gasteiger partial charge is 0.227 e. The Morgan fingerprint density at radius 3 is 2.28 bits per heavy atom. The van der Waals surface area contributed by atoms with Crippen LogP contribution in [0.15, 0.2) is 52.9 Å². The van der Waals surface area contributed by atoms with Gasteiger partial charge in [-0.05, 0) is 6.07 Å². The largest absolute Gasteiger partial charge is 0.493 e.